The minimum absolute atomic E-state index is 0.135. The molecule has 2 aliphatic rings. The molecule has 0 N–H and O–H groups in total. The first-order valence-corrected chi connectivity index (χ1v) is 11.0. The molecule has 0 unspecified atom stereocenters. The van der Waals surface area contributed by atoms with Gasteiger partial charge in [0.05, 0.1) is 22.5 Å². The zero-order valence-electron chi connectivity index (χ0n) is 17.7. The van der Waals surface area contributed by atoms with Crippen molar-refractivity contribution in [3.8, 4) is 40.0 Å². The molecule has 162 valence electrons. The minimum atomic E-state index is -0.146. The second-order valence-electron chi connectivity index (χ2n) is 7.91. The molecule has 0 saturated heterocycles. The molecule has 34 heavy (non-hydrogen) atoms. The normalized spacial score (nSPS) is 13.1. The summed E-state index contributed by atoms with van der Waals surface area (Å²) in [6, 6.07) is 22.5. The van der Waals surface area contributed by atoms with Crippen molar-refractivity contribution in [2.75, 3.05) is 6.79 Å². The lowest BCUT2D eigenvalue weighted by Gasteiger charge is -2.13. The first-order chi connectivity index (χ1) is 16.6. The van der Waals surface area contributed by atoms with Crippen molar-refractivity contribution in [3.63, 3.8) is 0 Å². The largest absolute Gasteiger partial charge is 0.454 e. The molecule has 1 aliphatic heterocycles. The highest BCUT2D eigenvalue weighted by Gasteiger charge is 2.34. The molecule has 0 spiro atoms. The van der Waals surface area contributed by atoms with E-state index < -0.39 is 0 Å². The van der Waals surface area contributed by atoms with Crippen LogP contribution < -0.4 is 9.47 Å². The number of hydrogen-bond acceptors (Lipinski definition) is 5. The van der Waals surface area contributed by atoms with Crippen molar-refractivity contribution in [2.24, 2.45) is 0 Å². The zero-order valence-corrected chi connectivity index (χ0v) is 18.5. The van der Waals surface area contributed by atoms with Gasteiger partial charge in [-0.15, -0.1) is 0 Å². The predicted octanol–water partition coefficient (Wildman–Crippen LogP) is 6.38. The quantitative estimate of drug-likeness (QED) is 0.311. The predicted molar refractivity (Wildman–Crippen MR) is 130 cm³/mol. The number of pyridine rings is 1. The van der Waals surface area contributed by atoms with Gasteiger partial charge >= 0.3 is 0 Å². The summed E-state index contributed by atoms with van der Waals surface area (Å²) in [7, 11) is 0. The third-order valence-corrected chi connectivity index (χ3v) is 6.17. The molecule has 0 fully saturated rings. The smallest absolute Gasteiger partial charge is 0.231 e. The fourth-order valence-electron chi connectivity index (χ4n) is 4.40. The molecule has 3 aromatic carbocycles. The molecule has 0 saturated carbocycles. The first kappa shape index (κ1) is 20.2. The number of nitrogens with zero attached hydrogens (tertiary/aromatic N) is 2. The molecule has 2 heterocycles. The highest BCUT2D eigenvalue weighted by molar-refractivity contribution is 6.30. The van der Waals surface area contributed by atoms with Crippen LogP contribution in [0.25, 0.3) is 34.5 Å². The lowest BCUT2D eigenvalue weighted by atomic mass is 9.91. The third-order valence-electron chi connectivity index (χ3n) is 5.93. The Morgan fingerprint density at radius 3 is 2.56 bits per heavy atom. The molecule has 0 amide bonds. The van der Waals surface area contributed by atoms with Crippen LogP contribution in [0.4, 0.5) is 0 Å². The highest BCUT2D eigenvalue weighted by atomic mass is 35.5. The zero-order chi connectivity index (χ0) is 23.2. The molecular formula is C28H15ClN2O3. The van der Waals surface area contributed by atoms with E-state index in [1.807, 2.05) is 48.5 Å². The number of nitriles is 1. The molecule has 0 bridgehead atoms. The third kappa shape index (κ3) is 3.16. The van der Waals surface area contributed by atoms with Crippen LogP contribution in [0.3, 0.4) is 0 Å². The molecular weight excluding hydrogens is 448 g/mol. The molecule has 6 rings (SSSR count). The van der Waals surface area contributed by atoms with Gasteiger partial charge in [0.25, 0.3) is 0 Å². The number of rotatable bonds is 3. The monoisotopic (exact) mass is 462 g/mol. The van der Waals surface area contributed by atoms with Crippen molar-refractivity contribution >= 4 is 29.5 Å². The van der Waals surface area contributed by atoms with Crippen LogP contribution in [0.15, 0.2) is 66.7 Å². The number of carbonyl (C=O) groups excluding carboxylic acids is 1. The van der Waals surface area contributed by atoms with Crippen LogP contribution in [-0.4, -0.2) is 17.6 Å². The maximum atomic E-state index is 13.5. The first-order valence-electron chi connectivity index (χ1n) is 10.6. The van der Waals surface area contributed by atoms with E-state index >= 15 is 0 Å². The average molecular weight is 463 g/mol. The van der Waals surface area contributed by atoms with Crippen molar-refractivity contribution in [1.82, 2.24) is 4.98 Å². The van der Waals surface area contributed by atoms with Crippen LogP contribution in [0.5, 0.6) is 11.5 Å². The number of hydrogen-bond donors (Lipinski definition) is 0. The maximum absolute atomic E-state index is 13.5. The Morgan fingerprint density at radius 2 is 1.74 bits per heavy atom. The van der Waals surface area contributed by atoms with Gasteiger partial charge < -0.3 is 9.47 Å². The van der Waals surface area contributed by atoms with Crippen LogP contribution in [0.2, 0.25) is 5.02 Å². The molecule has 0 atom stereocenters. The number of benzene rings is 3. The second kappa shape index (κ2) is 7.87. The molecule has 5 nitrogen and oxygen atoms in total. The van der Waals surface area contributed by atoms with E-state index in [4.69, 9.17) is 26.1 Å². The van der Waals surface area contributed by atoms with E-state index in [-0.39, 0.29) is 12.6 Å². The fraction of sp³-hybridized carbons (Fsp3) is 0.0357. The molecule has 4 aromatic rings. The number of fused-ring (bicyclic) bond motifs is 4. The summed E-state index contributed by atoms with van der Waals surface area (Å²) in [6.45, 7) is 0.135. The standard InChI is InChI=1S/C28H15ClN2O3/c29-18-5-3-4-16(12-18)8-10-22-21(14-30)25(17-9-11-23-24(13-17)34-15-33-23)26-27(31-22)19-6-1-2-7-20(19)28(26)32/h1-13H,15H2. The summed E-state index contributed by atoms with van der Waals surface area (Å²) < 4.78 is 11.0. The number of ketones is 1. The minimum Gasteiger partial charge on any atom is -0.454 e. The van der Waals surface area contributed by atoms with E-state index in [0.717, 1.165) is 11.1 Å². The van der Waals surface area contributed by atoms with Crippen LogP contribution in [0, 0.1) is 11.3 Å². The topological polar surface area (TPSA) is 72.2 Å². The van der Waals surface area contributed by atoms with Crippen LogP contribution >= 0.6 is 11.6 Å². The summed E-state index contributed by atoms with van der Waals surface area (Å²) in [4.78, 5) is 18.3. The van der Waals surface area contributed by atoms with Gasteiger partial charge in [-0.05, 0) is 41.5 Å². The summed E-state index contributed by atoms with van der Waals surface area (Å²) in [5.74, 6) is 1.06. The van der Waals surface area contributed by atoms with Gasteiger partial charge in [-0.2, -0.15) is 5.26 Å². The van der Waals surface area contributed by atoms with Gasteiger partial charge in [0.1, 0.15) is 6.07 Å². The van der Waals surface area contributed by atoms with Crippen LogP contribution in [-0.2, 0) is 0 Å². The number of halogens is 1. The Hall–Kier alpha value is -4.40. The summed E-state index contributed by atoms with van der Waals surface area (Å²) in [6.07, 6.45) is 3.64. The van der Waals surface area contributed by atoms with E-state index in [1.54, 1.807) is 30.3 Å². The van der Waals surface area contributed by atoms with Crippen molar-refractivity contribution in [1.29, 1.82) is 5.26 Å². The van der Waals surface area contributed by atoms with Gasteiger partial charge in [-0.3, -0.25) is 4.79 Å². The van der Waals surface area contributed by atoms with Crippen molar-refractivity contribution in [2.45, 2.75) is 0 Å². The van der Waals surface area contributed by atoms with E-state index in [1.165, 1.54) is 0 Å². The molecule has 6 heteroatoms. The lowest BCUT2D eigenvalue weighted by Crippen LogP contribution is -2.04. The summed E-state index contributed by atoms with van der Waals surface area (Å²) >= 11 is 6.12. The van der Waals surface area contributed by atoms with Crippen molar-refractivity contribution < 1.29 is 14.3 Å². The average Bonchev–Trinajstić information content (AvgIpc) is 3.44. The Balaban J connectivity index is 1.62. The molecule has 1 aromatic heterocycles. The maximum Gasteiger partial charge on any atom is 0.231 e. The summed E-state index contributed by atoms with van der Waals surface area (Å²) in [5, 5.41) is 10.8. The molecule has 1 aliphatic carbocycles. The number of ether oxygens (including phenoxy) is 2. The van der Waals surface area contributed by atoms with E-state index in [2.05, 4.69) is 6.07 Å². The second-order valence-corrected chi connectivity index (χ2v) is 8.35. The summed E-state index contributed by atoms with van der Waals surface area (Å²) in [5.41, 5.74) is 5.22. The van der Waals surface area contributed by atoms with Crippen molar-refractivity contribution in [3.05, 3.63) is 99.7 Å². The Bertz CT molecular complexity index is 1580. The van der Waals surface area contributed by atoms with Gasteiger partial charge in [0.2, 0.25) is 6.79 Å². The fourth-order valence-corrected chi connectivity index (χ4v) is 4.60. The number of carbonyl (C=O) groups is 1. The van der Waals surface area contributed by atoms with Gasteiger partial charge in [-0.1, -0.05) is 60.1 Å². The Kier molecular flexibility index (Phi) is 4.68. The van der Waals surface area contributed by atoms with Gasteiger partial charge in [0, 0.05) is 21.7 Å². The Morgan fingerprint density at radius 1 is 0.912 bits per heavy atom. The van der Waals surface area contributed by atoms with Gasteiger partial charge in [0.15, 0.2) is 17.3 Å². The number of aromatic nitrogens is 1. The van der Waals surface area contributed by atoms with E-state index in [9.17, 15) is 10.1 Å². The highest BCUT2D eigenvalue weighted by Crippen LogP contribution is 2.45. The van der Waals surface area contributed by atoms with E-state index in [0.29, 0.717) is 55.7 Å². The lowest BCUT2D eigenvalue weighted by molar-refractivity contribution is 0.104. The van der Waals surface area contributed by atoms with Gasteiger partial charge in [-0.25, -0.2) is 4.98 Å². The SMILES string of the molecule is N#Cc1c(C=Cc2cccc(Cl)c2)nc2c(c1-c1ccc3c(c1)OCO3)C(=O)c1ccccc1-2. The van der Waals surface area contributed by atoms with Crippen LogP contribution in [0.1, 0.15) is 32.7 Å². The Labute approximate surface area is 200 Å². The molecule has 0 radical (unpaired) electrons.